The first-order chi connectivity index (χ1) is 9.09. The summed E-state index contributed by atoms with van der Waals surface area (Å²) < 4.78 is 32.3. The molecule has 0 aromatic heterocycles. The molecular weight excluding hydrogens is 286 g/mol. The minimum absolute atomic E-state index is 0.0654. The standard InChI is InChI=1S/C13H16ClNO3S/c14-7-10-1-5-13(6-2-10)19(16,17)15-8-11-3-4-12(9-15)18-11/h1-2,5-6,11-12H,3-4,7-9H2. The summed E-state index contributed by atoms with van der Waals surface area (Å²) in [7, 11) is -3.40. The molecule has 2 fully saturated rings. The van der Waals surface area contributed by atoms with E-state index in [1.54, 1.807) is 28.6 Å². The van der Waals surface area contributed by atoms with Gasteiger partial charge in [-0.3, -0.25) is 0 Å². The normalized spacial score (nSPS) is 27.6. The lowest BCUT2D eigenvalue weighted by Gasteiger charge is -2.31. The van der Waals surface area contributed by atoms with Crippen LogP contribution in [0.4, 0.5) is 0 Å². The average Bonchev–Trinajstić information content (AvgIpc) is 2.77. The molecule has 2 atom stereocenters. The van der Waals surface area contributed by atoms with Crippen molar-refractivity contribution >= 4 is 21.6 Å². The summed E-state index contributed by atoms with van der Waals surface area (Å²) in [6.45, 7) is 0.937. The molecule has 0 radical (unpaired) electrons. The summed E-state index contributed by atoms with van der Waals surface area (Å²) in [6.07, 6.45) is 2.05. The highest BCUT2D eigenvalue weighted by atomic mass is 35.5. The van der Waals surface area contributed by atoms with E-state index in [0.717, 1.165) is 18.4 Å². The third kappa shape index (κ3) is 2.52. The lowest BCUT2D eigenvalue weighted by Crippen LogP contribution is -2.45. The van der Waals surface area contributed by atoms with Crippen LogP contribution in [0.25, 0.3) is 0 Å². The molecule has 0 amide bonds. The van der Waals surface area contributed by atoms with Gasteiger partial charge in [-0.15, -0.1) is 11.6 Å². The Morgan fingerprint density at radius 3 is 2.26 bits per heavy atom. The minimum atomic E-state index is -3.40. The number of morpholine rings is 1. The van der Waals surface area contributed by atoms with Crippen molar-refractivity contribution < 1.29 is 13.2 Å². The van der Waals surface area contributed by atoms with E-state index >= 15 is 0 Å². The van der Waals surface area contributed by atoms with Crippen molar-refractivity contribution in [3.63, 3.8) is 0 Å². The molecule has 1 aromatic rings. The van der Waals surface area contributed by atoms with E-state index in [1.165, 1.54) is 0 Å². The number of hydrogen-bond donors (Lipinski definition) is 0. The van der Waals surface area contributed by atoms with Crippen molar-refractivity contribution in [3.05, 3.63) is 29.8 Å². The molecule has 2 bridgehead atoms. The molecule has 0 aliphatic carbocycles. The number of rotatable bonds is 3. The molecule has 0 spiro atoms. The molecule has 2 aliphatic rings. The number of halogens is 1. The van der Waals surface area contributed by atoms with Gasteiger partial charge in [0.1, 0.15) is 0 Å². The summed E-state index contributed by atoms with van der Waals surface area (Å²) >= 11 is 5.71. The second-order valence-corrected chi connectivity index (χ2v) is 7.26. The number of benzene rings is 1. The maximum Gasteiger partial charge on any atom is 0.243 e. The van der Waals surface area contributed by atoms with Crippen molar-refractivity contribution in [2.75, 3.05) is 13.1 Å². The van der Waals surface area contributed by atoms with Crippen molar-refractivity contribution in [2.24, 2.45) is 0 Å². The minimum Gasteiger partial charge on any atom is -0.372 e. The third-order valence-corrected chi connectivity index (χ3v) is 5.88. The smallest absolute Gasteiger partial charge is 0.243 e. The summed E-state index contributed by atoms with van der Waals surface area (Å²) in [5.41, 5.74) is 0.919. The monoisotopic (exact) mass is 301 g/mol. The maximum atomic E-state index is 12.5. The van der Waals surface area contributed by atoms with Gasteiger partial charge in [-0.2, -0.15) is 4.31 Å². The quantitative estimate of drug-likeness (QED) is 0.802. The number of hydrogen-bond acceptors (Lipinski definition) is 3. The number of sulfonamides is 1. The maximum absolute atomic E-state index is 12.5. The number of nitrogens with zero attached hydrogens (tertiary/aromatic N) is 1. The van der Waals surface area contributed by atoms with Gasteiger partial charge in [0.05, 0.1) is 17.1 Å². The predicted octanol–water partition coefficient (Wildman–Crippen LogP) is 1.98. The first-order valence-corrected chi connectivity index (χ1v) is 8.37. The molecular formula is C13H16ClNO3S. The molecule has 2 heterocycles. The van der Waals surface area contributed by atoms with Crippen LogP contribution in [0.15, 0.2) is 29.2 Å². The van der Waals surface area contributed by atoms with Crippen LogP contribution >= 0.6 is 11.6 Å². The lowest BCUT2D eigenvalue weighted by atomic mass is 10.2. The molecule has 104 valence electrons. The molecule has 3 rings (SSSR count). The molecule has 19 heavy (non-hydrogen) atoms. The number of fused-ring (bicyclic) bond motifs is 2. The SMILES string of the molecule is O=S(=O)(c1ccc(CCl)cc1)N1CC2CCC(C1)O2. The highest BCUT2D eigenvalue weighted by molar-refractivity contribution is 7.89. The van der Waals surface area contributed by atoms with Crippen LogP contribution in [-0.2, 0) is 20.6 Å². The van der Waals surface area contributed by atoms with E-state index in [1.807, 2.05) is 0 Å². The molecule has 0 saturated carbocycles. The molecule has 0 N–H and O–H groups in total. The van der Waals surface area contributed by atoms with Gasteiger partial charge in [-0.1, -0.05) is 12.1 Å². The van der Waals surface area contributed by atoms with E-state index in [0.29, 0.717) is 23.9 Å². The van der Waals surface area contributed by atoms with Crippen LogP contribution in [-0.4, -0.2) is 38.0 Å². The Morgan fingerprint density at radius 2 is 1.74 bits per heavy atom. The Morgan fingerprint density at radius 1 is 1.16 bits per heavy atom. The summed E-state index contributed by atoms with van der Waals surface area (Å²) in [6, 6.07) is 6.78. The Bertz CT molecular complexity index is 546. The zero-order chi connectivity index (χ0) is 13.5. The molecule has 6 heteroatoms. The second-order valence-electron chi connectivity index (χ2n) is 5.06. The lowest BCUT2D eigenvalue weighted by molar-refractivity contribution is -0.0114. The topological polar surface area (TPSA) is 46.6 Å². The van der Waals surface area contributed by atoms with Crippen molar-refractivity contribution in [1.82, 2.24) is 4.31 Å². The zero-order valence-electron chi connectivity index (χ0n) is 10.5. The summed E-state index contributed by atoms with van der Waals surface area (Å²) in [5, 5.41) is 0. The van der Waals surface area contributed by atoms with Crippen molar-refractivity contribution in [2.45, 2.75) is 35.8 Å². The van der Waals surface area contributed by atoms with Gasteiger partial charge < -0.3 is 4.74 Å². The van der Waals surface area contributed by atoms with E-state index in [2.05, 4.69) is 0 Å². The van der Waals surface area contributed by atoms with Gasteiger partial charge in [0.25, 0.3) is 0 Å². The summed E-state index contributed by atoms with van der Waals surface area (Å²) in [5.74, 6) is 0.391. The van der Waals surface area contributed by atoms with Gasteiger partial charge in [-0.25, -0.2) is 8.42 Å². The first-order valence-electron chi connectivity index (χ1n) is 6.40. The van der Waals surface area contributed by atoms with E-state index in [9.17, 15) is 8.42 Å². The van der Waals surface area contributed by atoms with Gasteiger partial charge in [0, 0.05) is 19.0 Å². The fourth-order valence-electron chi connectivity index (χ4n) is 2.67. The van der Waals surface area contributed by atoms with Gasteiger partial charge in [0.15, 0.2) is 0 Å². The second kappa shape index (κ2) is 5.05. The third-order valence-electron chi connectivity index (χ3n) is 3.73. The fraction of sp³-hybridized carbons (Fsp3) is 0.538. The number of ether oxygens (including phenoxy) is 1. The molecule has 2 aliphatic heterocycles. The van der Waals surface area contributed by atoms with Crippen LogP contribution in [0.1, 0.15) is 18.4 Å². The van der Waals surface area contributed by atoms with E-state index in [-0.39, 0.29) is 12.2 Å². The summed E-state index contributed by atoms with van der Waals surface area (Å²) in [4.78, 5) is 0.336. The van der Waals surface area contributed by atoms with Crippen LogP contribution in [0.3, 0.4) is 0 Å². The van der Waals surface area contributed by atoms with Crippen molar-refractivity contribution in [1.29, 1.82) is 0 Å². The van der Waals surface area contributed by atoms with E-state index < -0.39 is 10.0 Å². The fourth-order valence-corrected chi connectivity index (χ4v) is 4.35. The molecule has 2 saturated heterocycles. The van der Waals surface area contributed by atoms with Gasteiger partial charge in [0.2, 0.25) is 10.0 Å². The molecule has 2 unspecified atom stereocenters. The predicted molar refractivity (Wildman–Crippen MR) is 72.7 cm³/mol. The Hall–Kier alpha value is -0.620. The Balaban J connectivity index is 1.85. The van der Waals surface area contributed by atoms with Gasteiger partial charge >= 0.3 is 0 Å². The van der Waals surface area contributed by atoms with Crippen molar-refractivity contribution in [3.8, 4) is 0 Å². The highest BCUT2D eigenvalue weighted by Crippen LogP contribution is 2.29. The van der Waals surface area contributed by atoms with Gasteiger partial charge in [-0.05, 0) is 30.5 Å². The van der Waals surface area contributed by atoms with Crippen LogP contribution in [0.5, 0.6) is 0 Å². The molecule has 4 nitrogen and oxygen atoms in total. The zero-order valence-corrected chi connectivity index (χ0v) is 12.0. The van der Waals surface area contributed by atoms with Crippen LogP contribution < -0.4 is 0 Å². The van der Waals surface area contributed by atoms with Crippen LogP contribution in [0.2, 0.25) is 0 Å². The average molecular weight is 302 g/mol. The Labute approximate surface area is 118 Å². The Kier molecular flexibility index (Phi) is 3.55. The largest absolute Gasteiger partial charge is 0.372 e. The molecule has 1 aromatic carbocycles. The first kappa shape index (κ1) is 13.4. The van der Waals surface area contributed by atoms with Crippen LogP contribution in [0, 0.1) is 0 Å². The van der Waals surface area contributed by atoms with E-state index in [4.69, 9.17) is 16.3 Å². The highest BCUT2D eigenvalue weighted by Gasteiger charge is 2.39. The number of alkyl halides is 1.